The second kappa shape index (κ2) is 4.17. The molecular weight excluding hydrogens is 188 g/mol. The second-order valence-corrected chi connectivity index (χ2v) is 3.33. The lowest BCUT2D eigenvalue weighted by Crippen LogP contribution is -1.85. The molecular formula is C12H14N2O. The highest BCUT2D eigenvalue weighted by atomic mass is 16.4. The Morgan fingerprint density at radius 1 is 1.27 bits per heavy atom. The molecule has 0 aliphatic heterocycles. The van der Waals surface area contributed by atoms with E-state index in [9.17, 15) is 0 Å². The summed E-state index contributed by atoms with van der Waals surface area (Å²) in [6.07, 6.45) is 2.78. The average molecular weight is 202 g/mol. The van der Waals surface area contributed by atoms with Crippen LogP contribution in [0.25, 0.3) is 11.3 Å². The van der Waals surface area contributed by atoms with Crippen LogP contribution in [0.4, 0.5) is 6.01 Å². The van der Waals surface area contributed by atoms with Crippen LogP contribution in [-0.2, 0) is 6.42 Å². The fraction of sp³-hybridized carbons (Fsp3) is 0.250. The van der Waals surface area contributed by atoms with Gasteiger partial charge in [-0.15, -0.1) is 0 Å². The zero-order chi connectivity index (χ0) is 10.7. The third kappa shape index (κ3) is 2.01. The first-order chi connectivity index (χ1) is 7.33. The van der Waals surface area contributed by atoms with Gasteiger partial charge in [-0.3, -0.25) is 0 Å². The van der Waals surface area contributed by atoms with Crippen LogP contribution in [0.1, 0.15) is 12.5 Å². The number of benzene rings is 1. The molecule has 3 heteroatoms. The number of aromatic nitrogens is 1. The molecule has 0 spiro atoms. The molecule has 2 rings (SSSR count). The minimum absolute atomic E-state index is 0.546. The van der Waals surface area contributed by atoms with Crippen LogP contribution < -0.4 is 5.32 Å². The minimum Gasteiger partial charge on any atom is -0.424 e. The molecule has 0 bridgehead atoms. The summed E-state index contributed by atoms with van der Waals surface area (Å²) in [5, 5.41) is 2.86. The molecule has 0 saturated heterocycles. The summed E-state index contributed by atoms with van der Waals surface area (Å²) >= 11 is 0. The summed E-state index contributed by atoms with van der Waals surface area (Å²) in [5.41, 5.74) is 2.38. The number of rotatable bonds is 3. The highest BCUT2D eigenvalue weighted by Crippen LogP contribution is 2.22. The van der Waals surface area contributed by atoms with Gasteiger partial charge in [0.1, 0.15) is 0 Å². The summed E-state index contributed by atoms with van der Waals surface area (Å²) in [5.74, 6) is 0.794. The first kappa shape index (κ1) is 9.77. The molecule has 0 atom stereocenters. The van der Waals surface area contributed by atoms with Gasteiger partial charge in [0.05, 0.1) is 6.20 Å². The van der Waals surface area contributed by atoms with Gasteiger partial charge in [-0.05, 0) is 12.0 Å². The number of hydrogen-bond acceptors (Lipinski definition) is 3. The van der Waals surface area contributed by atoms with E-state index in [0.29, 0.717) is 6.01 Å². The van der Waals surface area contributed by atoms with Crippen LogP contribution in [0.5, 0.6) is 0 Å². The van der Waals surface area contributed by atoms with Gasteiger partial charge in [-0.2, -0.15) is 0 Å². The quantitative estimate of drug-likeness (QED) is 0.831. The summed E-state index contributed by atoms with van der Waals surface area (Å²) < 4.78 is 5.47. The second-order valence-electron chi connectivity index (χ2n) is 3.33. The number of nitrogens with one attached hydrogen (secondary N) is 1. The highest BCUT2D eigenvalue weighted by molar-refractivity contribution is 5.57. The average Bonchev–Trinajstić information content (AvgIpc) is 2.78. The van der Waals surface area contributed by atoms with Crippen LogP contribution >= 0.6 is 0 Å². The Hall–Kier alpha value is -1.77. The van der Waals surface area contributed by atoms with Crippen molar-refractivity contribution < 1.29 is 4.42 Å². The van der Waals surface area contributed by atoms with E-state index in [-0.39, 0.29) is 0 Å². The van der Waals surface area contributed by atoms with Crippen LogP contribution in [0.3, 0.4) is 0 Å². The van der Waals surface area contributed by atoms with Crippen molar-refractivity contribution >= 4 is 6.01 Å². The van der Waals surface area contributed by atoms with Crippen molar-refractivity contribution in [3.63, 3.8) is 0 Å². The summed E-state index contributed by atoms with van der Waals surface area (Å²) in [7, 11) is 1.79. The summed E-state index contributed by atoms with van der Waals surface area (Å²) in [4.78, 5) is 4.08. The Balaban J connectivity index is 2.28. The predicted molar refractivity (Wildman–Crippen MR) is 60.9 cm³/mol. The van der Waals surface area contributed by atoms with Gasteiger partial charge in [0, 0.05) is 12.6 Å². The van der Waals surface area contributed by atoms with E-state index in [4.69, 9.17) is 4.42 Å². The zero-order valence-electron chi connectivity index (χ0n) is 8.95. The van der Waals surface area contributed by atoms with Crippen LogP contribution in [0, 0.1) is 0 Å². The van der Waals surface area contributed by atoms with E-state index < -0.39 is 0 Å². The number of nitrogens with zero attached hydrogens (tertiary/aromatic N) is 1. The predicted octanol–water partition coefficient (Wildman–Crippen LogP) is 2.95. The molecule has 78 valence electrons. The standard InChI is InChI=1S/C12H14N2O/c1-3-9-4-6-10(7-5-9)11-8-14-12(13-2)15-11/h4-8H,3H2,1-2H3,(H,13,14). The molecule has 0 radical (unpaired) electrons. The van der Waals surface area contributed by atoms with Gasteiger partial charge in [0.25, 0.3) is 6.01 Å². The Morgan fingerprint density at radius 3 is 2.53 bits per heavy atom. The van der Waals surface area contributed by atoms with Crippen molar-refractivity contribution in [2.24, 2.45) is 0 Å². The lowest BCUT2D eigenvalue weighted by Gasteiger charge is -1.98. The van der Waals surface area contributed by atoms with Crippen LogP contribution in [0.15, 0.2) is 34.9 Å². The Kier molecular flexibility index (Phi) is 2.72. The first-order valence-corrected chi connectivity index (χ1v) is 5.06. The molecule has 0 amide bonds. The fourth-order valence-corrected chi connectivity index (χ4v) is 1.43. The molecule has 1 heterocycles. The molecule has 2 aromatic rings. The maximum Gasteiger partial charge on any atom is 0.294 e. The highest BCUT2D eigenvalue weighted by Gasteiger charge is 2.04. The lowest BCUT2D eigenvalue weighted by atomic mass is 10.1. The van der Waals surface area contributed by atoms with Gasteiger partial charge < -0.3 is 9.73 Å². The number of anilines is 1. The number of oxazole rings is 1. The Labute approximate surface area is 89.1 Å². The number of aryl methyl sites for hydroxylation is 1. The molecule has 3 nitrogen and oxygen atoms in total. The van der Waals surface area contributed by atoms with E-state index >= 15 is 0 Å². The van der Waals surface area contributed by atoms with Crippen LogP contribution in [0.2, 0.25) is 0 Å². The van der Waals surface area contributed by atoms with Crippen molar-refractivity contribution in [2.75, 3.05) is 12.4 Å². The van der Waals surface area contributed by atoms with Crippen molar-refractivity contribution in [1.82, 2.24) is 4.98 Å². The Bertz CT molecular complexity index is 431. The first-order valence-electron chi connectivity index (χ1n) is 5.06. The molecule has 1 aromatic carbocycles. The molecule has 1 N–H and O–H groups in total. The molecule has 0 aliphatic rings. The van der Waals surface area contributed by atoms with E-state index in [1.165, 1.54) is 5.56 Å². The minimum atomic E-state index is 0.546. The summed E-state index contributed by atoms with van der Waals surface area (Å²) in [6.45, 7) is 2.14. The van der Waals surface area contributed by atoms with E-state index in [1.54, 1.807) is 13.2 Å². The zero-order valence-corrected chi connectivity index (χ0v) is 8.95. The van der Waals surface area contributed by atoms with Crippen molar-refractivity contribution in [3.8, 4) is 11.3 Å². The van der Waals surface area contributed by atoms with E-state index in [2.05, 4.69) is 41.5 Å². The molecule has 0 aliphatic carbocycles. The van der Waals surface area contributed by atoms with Gasteiger partial charge >= 0.3 is 0 Å². The monoisotopic (exact) mass is 202 g/mol. The fourth-order valence-electron chi connectivity index (χ4n) is 1.43. The van der Waals surface area contributed by atoms with Crippen molar-refractivity contribution in [3.05, 3.63) is 36.0 Å². The van der Waals surface area contributed by atoms with E-state index in [0.717, 1.165) is 17.7 Å². The molecule has 1 aromatic heterocycles. The third-order valence-electron chi connectivity index (χ3n) is 2.37. The van der Waals surface area contributed by atoms with Crippen molar-refractivity contribution in [1.29, 1.82) is 0 Å². The number of hydrogen-bond donors (Lipinski definition) is 1. The SMILES string of the molecule is CCc1ccc(-c2cnc(NC)o2)cc1. The van der Waals surface area contributed by atoms with E-state index in [1.807, 2.05) is 0 Å². The maximum atomic E-state index is 5.47. The van der Waals surface area contributed by atoms with Gasteiger partial charge in [-0.25, -0.2) is 4.98 Å². The topological polar surface area (TPSA) is 38.1 Å². The Morgan fingerprint density at radius 2 is 2.00 bits per heavy atom. The van der Waals surface area contributed by atoms with Gasteiger partial charge in [0.2, 0.25) is 0 Å². The third-order valence-corrected chi connectivity index (χ3v) is 2.37. The molecule has 0 fully saturated rings. The molecule has 0 saturated carbocycles. The maximum absolute atomic E-state index is 5.47. The largest absolute Gasteiger partial charge is 0.424 e. The van der Waals surface area contributed by atoms with Gasteiger partial charge in [0.15, 0.2) is 5.76 Å². The van der Waals surface area contributed by atoms with Crippen LogP contribution in [-0.4, -0.2) is 12.0 Å². The smallest absolute Gasteiger partial charge is 0.294 e. The van der Waals surface area contributed by atoms with Gasteiger partial charge in [-0.1, -0.05) is 31.2 Å². The normalized spacial score (nSPS) is 10.3. The summed E-state index contributed by atoms with van der Waals surface area (Å²) in [6, 6.07) is 8.87. The van der Waals surface area contributed by atoms with Crippen molar-refractivity contribution in [2.45, 2.75) is 13.3 Å². The molecule has 15 heavy (non-hydrogen) atoms. The lowest BCUT2D eigenvalue weighted by molar-refractivity contribution is 0.589. The molecule has 0 unspecified atom stereocenters.